The zero-order valence-corrected chi connectivity index (χ0v) is 24.3. The summed E-state index contributed by atoms with van der Waals surface area (Å²) in [5, 5.41) is 26.1. The highest BCUT2D eigenvalue weighted by atomic mass is 19.3. The van der Waals surface area contributed by atoms with Crippen molar-refractivity contribution in [1.82, 2.24) is 14.9 Å². The summed E-state index contributed by atoms with van der Waals surface area (Å²) in [6.45, 7) is 8.49. The van der Waals surface area contributed by atoms with Gasteiger partial charge in [-0.2, -0.15) is 0 Å². The van der Waals surface area contributed by atoms with Crippen molar-refractivity contribution in [1.29, 1.82) is 0 Å². The minimum absolute atomic E-state index is 0.0904. The van der Waals surface area contributed by atoms with Gasteiger partial charge in [0, 0.05) is 48.1 Å². The Hall–Kier alpha value is -3.28. The maximum atomic E-state index is 15.0. The second-order valence-electron chi connectivity index (χ2n) is 12.0. The van der Waals surface area contributed by atoms with E-state index in [1.54, 1.807) is 27.7 Å². The summed E-state index contributed by atoms with van der Waals surface area (Å²) in [6, 6.07) is 5.08. The van der Waals surface area contributed by atoms with E-state index in [9.17, 15) is 28.2 Å². The Morgan fingerprint density at radius 1 is 1.21 bits per heavy atom. The fourth-order valence-electron chi connectivity index (χ4n) is 5.98. The van der Waals surface area contributed by atoms with Crippen LogP contribution in [-0.4, -0.2) is 63.2 Å². The average Bonchev–Trinajstić information content (AvgIpc) is 3.42. The fourth-order valence-corrected chi connectivity index (χ4v) is 5.98. The number of aldehydes is 1. The summed E-state index contributed by atoms with van der Waals surface area (Å²) in [6.07, 6.45) is -0.814. The summed E-state index contributed by atoms with van der Waals surface area (Å²) in [5.41, 5.74) is -0.805. The topological polar surface area (TPSA) is 108 Å². The van der Waals surface area contributed by atoms with Gasteiger partial charge < -0.3 is 30.0 Å². The van der Waals surface area contributed by atoms with Gasteiger partial charge in [0.15, 0.2) is 0 Å². The van der Waals surface area contributed by atoms with E-state index in [4.69, 9.17) is 4.74 Å². The molecule has 5 rings (SSSR count). The molecule has 8 nitrogen and oxygen atoms in total. The van der Waals surface area contributed by atoms with Gasteiger partial charge in [-0.3, -0.25) is 0 Å². The van der Waals surface area contributed by atoms with Crippen LogP contribution < -0.4 is 10.1 Å². The Morgan fingerprint density at radius 2 is 1.90 bits per heavy atom. The van der Waals surface area contributed by atoms with Crippen LogP contribution >= 0.6 is 0 Å². The number of aryl methyl sites for hydroxylation is 1. The molecule has 2 aromatic carbocycles. The van der Waals surface area contributed by atoms with Crippen LogP contribution in [0.2, 0.25) is 0 Å². The molecule has 1 saturated heterocycles. The molecule has 0 amide bonds. The number of aromatic nitrogens is 2. The number of halogens is 3. The lowest BCUT2D eigenvalue weighted by atomic mass is 9.81. The standard InChI is InChI=1S/C31H37F3N4O4/c1-17(20-6-5-7-21(25(20)32)28(33)34)35-29-23-14-24(27-22(8-13-42-27)26(23)36-18(2)37-29)31(41)9-11-38(12-10-31)15-19(16-39)30(3,4)40/h5-7,14,16-17,19,28,40-41H,8-13,15H2,1-4H3,(H,35,36,37)/t17-,19?/m1/s1. The number of ether oxygens (including phenoxy) is 1. The van der Waals surface area contributed by atoms with Crippen LogP contribution in [-0.2, 0) is 16.8 Å². The average molecular weight is 587 g/mol. The number of fused-ring (bicyclic) bond motifs is 3. The van der Waals surface area contributed by atoms with E-state index in [0.717, 1.165) is 17.9 Å². The molecule has 0 radical (unpaired) electrons. The molecule has 226 valence electrons. The number of benzene rings is 2. The fraction of sp³-hybridized carbons (Fsp3) is 0.516. The van der Waals surface area contributed by atoms with E-state index < -0.39 is 41.0 Å². The van der Waals surface area contributed by atoms with Gasteiger partial charge >= 0.3 is 0 Å². The van der Waals surface area contributed by atoms with Crippen molar-refractivity contribution in [3.63, 3.8) is 0 Å². The number of aliphatic hydroxyl groups is 2. The number of hydrogen-bond donors (Lipinski definition) is 3. The molecule has 0 saturated carbocycles. The Morgan fingerprint density at radius 3 is 2.55 bits per heavy atom. The second-order valence-corrected chi connectivity index (χ2v) is 12.0. The molecular weight excluding hydrogens is 549 g/mol. The summed E-state index contributed by atoms with van der Waals surface area (Å²) < 4.78 is 47.7. The number of piperidine rings is 1. The first-order valence-electron chi connectivity index (χ1n) is 14.2. The van der Waals surface area contributed by atoms with Crippen LogP contribution in [0.15, 0.2) is 24.3 Å². The number of hydrogen-bond acceptors (Lipinski definition) is 8. The van der Waals surface area contributed by atoms with E-state index in [1.165, 1.54) is 12.1 Å². The molecule has 2 aliphatic heterocycles. The van der Waals surface area contributed by atoms with Crippen molar-refractivity contribution in [2.45, 2.75) is 70.6 Å². The van der Waals surface area contributed by atoms with Gasteiger partial charge in [0.25, 0.3) is 6.43 Å². The third-order valence-corrected chi connectivity index (χ3v) is 8.57. The van der Waals surface area contributed by atoms with Crippen LogP contribution in [0.3, 0.4) is 0 Å². The first-order valence-corrected chi connectivity index (χ1v) is 14.2. The number of nitrogens with zero attached hydrogens (tertiary/aromatic N) is 3. The molecule has 3 aromatic rings. The third kappa shape index (κ3) is 5.69. The Labute approximate surface area is 242 Å². The molecule has 2 atom stereocenters. The molecule has 1 unspecified atom stereocenters. The van der Waals surface area contributed by atoms with E-state index in [-0.39, 0.29) is 5.56 Å². The maximum Gasteiger partial charge on any atom is 0.266 e. The normalized spacial score (nSPS) is 18.5. The van der Waals surface area contributed by atoms with Gasteiger partial charge in [-0.15, -0.1) is 0 Å². The third-order valence-electron chi connectivity index (χ3n) is 8.57. The largest absolute Gasteiger partial charge is 0.492 e. The smallest absolute Gasteiger partial charge is 0.266 e. The summed E-state index contributed by atoms with van der Waals surface area (Å²) in [7, 11) is 0. The summed E-state index contributed by atoms with van der Waals surface area (Å²) in [5.74, 6) is -0.0278. The van der Waals surface area contributed by atoms with Gasteiger partial charge in [-0.25, -0.2) is 23.1 Å². The van der Waals surface area contributed by atoms with E-state index in [2.05, 4.69) is 20.2 Å². The Kier molecular flexibility index (Phi) is 8.21. The molecule has 42 heavy (non-hydrogen) atoms. The zero-order chi connectivity index (χ0) is 30.4. The number of alkyl halides is 2. The zero-order valence-electron chi connectivity index (χ0n) is 24.3. The highest BCUT2D eigenvalue weighted by Gasteiger charge is 2.40. The van der Waals surface area contributed by atoms with Crippen molar-refractivity contribution < 1.29 is 32.9 Å². The summed E-state index contributed by atoms with van der Waals surface area (Å²) in [4.78, 5) is 22.9. The van der Waals surface area contributed by atoms with E-state index >= 15 is 0 Å². The first-order chi connectivity index (χ1) is 19.8. The number of carbonyl (C=O) groups excluding carboxylic acids is 1. The molecule has 0 aliphatic carbocycles. The van der Waals surface area contributed by atoms with Gasteiger partial charge in [0.05, 0.1) is 40.8 Å². The van der Waals surface area contributed by atoms with Crippen molar-refractivity contribution in [3.8, 4) is 5.75 Å². The Balaban J connectivity index is 1.49. The van der Waals surface area contributed by atoms with Gasteiger partial charge in [0.1, 0.15) is 29.5 Å². The molecular formula is C31H37F3N4O4. The quantitative estimate of drug-likeness (QED) is 0.301. The minimum Gasteiger partial charge on any atom is -0.492 e. The molecule has 0 bridgehead atoms. The van der Waals surface area contributed by atoms with E-state index in [1.807, 2.05) is 6.07 Å². The van der Waals surface area contributed by atoms with Crippen molar-refractivity contribution in [3.05, 3.63) is 58.2 Å². The van der Waals surface area contributed by atoms with Gasteiger partial charge in [-0.05, 0) is 46.6 Å². The number of rotatable bonds is 9. The second kappa shape index (κ2) is 11.4. The minimum atomic E-state index is -2.93. The number of carbonyl (C=O) groups is 1. The molecule has 0 spiro atoms. The lowest BCUT2D eigenvalue weighted by molar-refractivity contribution is -0.120. The number of nitrogens with one attached hydrogen (secondary N) is 1. The lowest BCUT2D eigenvalue weighted by Gasteiger charge is -2.41. The monoisotopic (exact) mass is 586 g/mol. The van der Waals surface area contributed by atoms with Gasteiger partial charge in [-0.1, -0.05) is 18.2 Å². The molecule has 1 fully saturated rings. The Bertz CT molecular complexity index is 1490. The molecule has 3 heterocycles. The van der Waals surface area contributed by atoms with Gasteiger partial charge in [0.2, 0.25) is 0 Å². The van der Waals surface area contributed by atoms with Crippen LogP contribution in [0.1, 0.15) is 74.2 Å². The van der Waals surface area contributed by atoms with Crippen molar-refractivity contribution in [2.24, 2.45) is 5.92 Å². The van der Waals surface area contributed by atoms with Crippen LogP contribution in [0.5, 0.6) is 5.75 Å². The van der Waals surface area contributed by atoms with Crippen LogP contribution in [0, 0.1) is 18.7 Å². The predicted molar refractivity (Wildman–Crippen MR) is 152 cm³/mol. The summed E-state index contributed by atoms with van der Waals surface area (Å²) >= 11 is 0. The molecule has 2 aliphatic rings. The molecule has 1 aromatic heterocycles. The van der Waals surface area contributed by atoms with Crippen LogP contribution in [0.25, 0.3) is 10.9 Å². The first kappa shape index (κ1) is 30.2. The molecule has 11 heteroatoms. The predicted octanol–water partition coefficient (Wildman–Crippen LogP) is 4.99. The molecule has 3 N–H and O–H groups in total. The SMILES string of the molecule is Cc1nc(N[C@H](C)c2cccc(C(F)F)c2F)c2cc(C3(O)CCN(CC(C=O)C(C)(C)O)CC3)c3c(c2n1)CCO3. The van der Waals surface area contributed by atoms with E-state index in [0.29, 0.717) is 79.4 Å². The maximum absolute atomic E-state index is 15.0. The van der Waals surface area contributed by atoms with Crippen molar-refractivity contribution in [2.75, 3.05) is 31.6 Å². The van der Waals surface area contributed by atoms with Crippen LogP contribution in [0.4, 0.5) is 19.0 Å². The highest BCUT2D eigenvalue weighted by Crippen LogP contribution is 2.46. The lowest BCUT2D eigenvalue weighted by Crippen LogP contribution is -2.47. The highest BCUT2D eigenvalue weighted by molar-refractivity contribution is 5.94. The van der Waals surface area contributed by atoms with Crippen molar-refractivity contribution >= 4 is 23.0 Å². The number of anilines is 1. The number of likely N-dealkylation sites (tertiary alicyclic amines) is 1.